The van der Waals surface area contributed by atoms with Crippen LogP contribution in [0.5, 0.6) is 0 Å². The molecular weight excluding hydrogens is 693 g/mol. The first-order valence-electron chi connectivity index (χ1n) is 19.4. The second kappa shape index (κ2) is 13.6. The summed E-state index contributed by atoms with van der Waals surface area (Å²) in [5, 5.41) is 4.63. The van der Waals surface area contributed by atoms with Crippen molar-refractivity contribution in [3.05, 3.63) is 218 Å². The largest absolute Gasteiger partial charge is 0.456 e. The maximum absolute atomic E-state index is 6.48. The van der Waals surface area contributed by atoms with Crippen LogP contribution >= 0.6 is 0 Å². The van der Waals surface area contributed by atoms with Gasteiger partial charge in [-0.3, -0.25) is 0 Å². The van der Waals surface area contributed by atoms with Crippen molar-refractivity contribution in [1.29, 1.82) is 0 Å². The minimum Gasteiger partial charge on any atom is -0.456 e. The zero-order valence-corrected chi connectivity index (χ0v) is 31.1. The van der Waals surface area contributed by atoms with E-state index in [1.54, 1.807) is 0 Å². The Kier molecular flexibility index (Phi) is 7.82. The zero-order chi connectivity index (χ0) is 37.7. The van der Waals surface area contributed by atoms with Crippen LogP contribution in [0.15, 0.2) is 223 Å². The van der Waals surface area contributed by atoms with E-state index in [0.29, 0.717) is 0 Å². The van der Waals surface area contributed by atoms with Gasteiger partial charge in [-0.05, 0) is 88.5 Å². The van der Waals surface area contributed by atoms with Gasteiger partial charge in [0.1, 0.15) is 11.2 Å². The highest BCUT2D eigenvalue weighted by Crippen LogP contribution is 2.46. The van der Waals surface area contributed by atoms with E-state index >= 15 is 0 Å². The van der Waals surface area contributed by atoms with Crippen molar-refractivity contribution in [2.75, 3.05) is 4.90 Å². The van der Waals surface area contributed by atoms with Gasteiger partial charge in [0.05, 0.1) is 16.7 Å². The number of anilines is 3. The molecule has 3 heteroatoms. The van der Waals surface area contributed by atoms with Gasteiger partial charge in [0.15, 0.2) is 0 Å². The summed E-state index contributed by atoms with van der Waals surface area (Å²) in [7, 11) is 0. The lowest BCUT2D eigenvalue weighted by molar-refractivity contribution is 0.669. The maximum atomic E-state index is 6.48. The van der Waals surface area contributed by atoms with E-state index in [1.165, 1.54) is 33.0 Å². The Morgan fingerprint density at radius 1 is 0.351 bits per heavy atom. The minimum absolute atomic E-state index is 0.860. The van der Waals surface area contributed by atoms with E-state index in [-0.39, 0.29) is 0 Å². The van der Waals surface area contributed by atoms with E-state index in [1.807, 2.05) is 12.1 Å². The highest BCUT2D eigenvalue weighted by Gasteiger charge is 2.22. The summed E-state index contributed by atoms with van der Waals surface area (Å²) in [6, 6.07) is 78.1. The normalized spacial score (nSPS) is 11.5. The van der Waals surface area contributed by atoms with Gasteiger partial charge in [0.25, 0.3) is 0 Å². The van der Waals surface area contributed by atoms with Crippen molar-refractivity contribution in [3.8, 4) is 39.1 Å². The number of rotatable bonds is 7. The molecule has 0 radical (unpaired) electrons. The van der Waals surface area contributed by atoms with E-state index in [9.17, 15) is 0 Å². The zero-order valence-electron chi connectivity index (χ0n) is 31.1. The number of hydrogen-bond acceptors (Lipinski definition) is 2. The molecule has 0 bridgehead atoms. The molecule has 0 fully saturated rings. The van der Waals surface area contributed by atoms with Crippen molar-refractivity contribution < 1.29 is 4.42 Å². The lowest BCUT2D eigenvalue weighted by Crippen LogP contribution is -2.11. The Bertz CT molecular complexity index is 3220. The van der Waals surface area contributed by atoms with Crippen LogP contribution in [-0.2, 0) is 0 Å². The molecule has 0 aliphatic rings. The molecule has 0 saturated carbocycles. The first-order valence-corrected chi connectivity index (χ1v) is 19.4. The van der Waals surface area contributed by atoms with Crippen molar-refractivity contribution in [2.24, 2.45) is 0 Å². The number of aromatic nitrogens is 1. The summed E-state index contributed by atoms with van der Waals surface area (Å²) in [4.78, 5) is 2.39. The summed E-state index contributed by atoms with van der Waals surface area (Å²) in [5.74, 6) is 0. The van der Waals surface area contributed by atoms with Gasteiger partial charge in [0.2, 0.25) is 0 Å². The molecule has 0 amide bonds. The molecule has 9 aromatic carbocycles. The quantitative estimate of drug-likeness (QED) is 0.163. The average molecular weight is 729 g/mol. The fraction of sp³-hybridized carbons (Fsp3) is 0. The monoisotopic (exact) mass is 728 g/mol. The summed E-state index contributed by atoms with van der Waals surface area (Å²) in [5.41, 5.74) is 15.5. The number of para-hydroxylation sites is 3. The number of benzene rings is 9. The molecule has 0 atom stereocenters. The molecule has 0 saturated heterocycles. The molecule has 0 spiro atoms. The van der Waals surface area contributed by atoms with Crippen LogP contribution in [-0.4, -0.2) is 4.57 Å². The van der Waals surface area contributed by atoms with Crippen LogP contribution in [0, 0.1) is 0 Å². The van der Waals surface area contributed by atoms with Crippen molar-refractivity contribution in [1.82, 2.24) is 4.57 Å². The number of fused-ring (bicyclic) bond motifs is 6. The number of furan rings is 1. The minimum atomic E-state index is 0.860. The third-order valence-electron chi connectivity index (χ3n) is 11.2. The predicted octanol–water partition coefficient (Wildman–Crippen LogP) is 15.2. The predicted molar refractivity (Wildman–Crippen MR) is 239 cm³/mol. The Labute approximate surface area is 330 Å². The third-order valence-corrected chi connectivity index (χ3v) is 11.2. The van der Waals surface area contributed by atoms with Crippen LogP contribution in [0.2, 0.25) is 0 Å². The van der Waals surface area contributed by atoms with Gasteiger partial charge in [0, 0.05) is 50.2 Å². The van der Waals surface area contributed by atoms with Gasteiger partial charge in [-0.2, -0.15) is 0 Å². The van der Waals surface area contributed by atoms with E-state index in [4.69, 9.17) is 4.42 Å². The second-order valence-electron chi connectivity index (χ2n) is 14.5. The number of nitrogens with zero attached hydrogens (tertiary/aromatic N) is 2. The first kappa shape index (κ1) is 32.8. The molecule has 0 aliphatic heterocycles. The van der Waals surface area contributed by atoms with Crippen molar-refractivity contribution in [2.45, 2.75) is 0 Å². The van der Waals surface area contributed by atoms with Gasteiger partial charge in [-0.1, -0.05) is 152 Å². The summed E-state index contributed by atoms with van der Waals surface area (Å²) in [6.45, 7) is 0. The van der Waals surface area contributed by atoms with Crippen LogP contribution in [0.3, 0.4) is 0 Å². The molecule has 0 unspecified atom stereocenters. The molecule has 2 aromatic heterocycles. The highest BCUT2D eigenvalue weighted by molar-refractivity contribution is 6.17. The summed E-state index contributed by atoms with van der Waals surface area (Å²) >= 11 is 0. The standard InChI is InChI=1S/C54H36N2O/c1-4-15-37(16-5-1)38-27-29-40(30-28-38)45-23-14-25-51-54(45)48-35-42(32-34-50(48)56(51)41-19-8-3-9-20-41)55(49-24-12-10-21-44(49)39-17-6-2-7-18-39)43-31-33-47-46-22-11-13-26-52(46)57-53(47)36-43/h1-36H. The van der Waals surface area contributed by atoms with E-state index in [2.05, 4.69) is 216 Å². The summed E-state index contributed by atoms with van der Waals surface area (Å²) in [6.07, 6.45) is 0. The van der Waals surface area contributed by atoms with Crippen molar-refractivity contribution >= 4 is 60.8 Å². The second-order valence-corrected chi connectivity index (χ2v) is 14.5. The van der Waals surface area contributed by atoms with Crippen LogP contribution in [0.25, 0.3) is 82.8 Å². The molecular formula is C54H36N2O. The summed E-state index contributed by atoms with van der Waals surface area (Å²) < 4.78 is 8.88. The SMILES string of the molecule is c1ccc(-c2ccc(-c3cccc4c3c3cc(N(c5ccc6c(c5)oc5ccccc56)c5ccccc5-c5ccccc5)ccc3n4-c3ccccc3)cc2)cc1. The smallest absolute Gasteiger partial charge is 0.137 e. The number of hydrogen-bond donors (Lipinski definition) is 0. The Balaban J connectivity index is 1.17. The molecule has 11 aromatic rings. The Morgan fingerprint density at radius 2 is 0.930 bits per heavy atom. The van der Waals surface area contributed by atoms with E-state index in [0.717, 1.165) is 66.8 Å². The fourth-order valence-corrected chi connectivity index (χ4v) is 8.58. The maximum Gasteiger partial charge on any atom is 0.137 e. The van der Waals surface area contributed by atoms with Crippen LogP contribution in [0.4, 0.5) is 17.1 Å². The van der Waals surface area contributed by atoms with Gasteiger partial charge >= 0.3 is 0 Å². The molecule has 0 N–H and O–H groups in total. The molecule has 0 aliphatic carbocycles. The Hall–Kier alpha value is -7.62. The van der Waals surface area contributed by atoms with Gasteiger partial charge < -0.3 is 13.9 Å². The van der Waals surface area contributed by atoms with Gasteiger partial charge in [-0.15, -0.1) is 0 Å². The van der Waals surface area contributed by atoms with Crippen LogP contribution in [0.1, 0.15) is 0 Å². The first-order chi connectivity index (χ1) is 28.3. The highest BCUT2D eigenvalue weighted by atomic mass is 16.3. The van der Waals surface area contributed by atoms with E-state index < -0.39 is 0 Å². The fourth-order valence-electron chi connectivity index (χ4n) is 8.58. The molecule has 57 heavy (non-hydrogen) atoms. The average Bonchev–Trinajstić information content (AvgIpc) is 3.83. The van der Waals surface area contributed by atoms with Gasteiger partial charge in [-0.25, -0.2) is 0 Å². The lowest BCUT2D eigenvalue weighted by atomic mass is 9.96. The third kappa shape index (κ3) is 5.60. The Morgan fingerprint density at radius 3 is 1.74 bits per heavy atom. The molecule has 11 rings (SSSR count). The molecule has 268 valence electrons. The topological polar surface area (TPSA) is 21.3 Å². The molecule has 2 heterocycles. The van der Waals surface area contributed by atoms with Crippen LogP contribution < -0.4 is 4.90 Å². The molecule has 3 nitrogen and oxygen atoms in total. The lowest BCUT2D eigenvalue weighted by Gasteiger charge is -2.28. The van der Waals surface area contributed by atoms with Crippen molar-refractivity contribution in [3.63, 3.8) is 0 Å².